The van der Waals surface area contributed by atoms with E-state index in [0.29, 0.717) is 31.5 Å². The van der Waals surface area contributed by atoms with Gasteiger partial charge in [-0.2, -0.15) is 5.06 Å². The van der Waals surface area contributed by atoms with E-state index in [1.165, 1.54) is 12.2 Å². The predicted octanol–water partition coefficient (Wildman–Crippen LogP) is 3.13. The van der Waals surface area contributed by atoms with Gasteiger partial charge in [0.05, 0.1) is 19.8 Å². The van der Waals surface area contributed by atoms with E-state index in [-0.39, 0.29) is 11.7 Å². The molecule has 2 aliphatic rings. The second-order valence-electron chi connectivity index (χ2n) is 6.56. The molecule has 3 rings (SSSR count). The Labute approximate surface area is 156 Å². The molecular formula is C18H23BrN2O4. The van der Waals surface area contributed by atoms with Crippen molar-refractivity contribution in [2.45, 2.75) is 32.2 Å². The molecule has 1 N–H and O–H groups in total. The SMILES string of the molecule is CON1CCC2(CC1)C(O)=C(c1c(C)cc(Br)cc1C)C(=O)N2OC. The van der Waals surface area contributed by atoms with Crippen molar-refractivity contribution in [3.8, 4) is 0 Å². The zero-order valence-electron chi connectivity index (χ0n) is 14.9. The van der Waals surface area contributed by atoms with Crippen molar-refractivity contribution in [2.75, 3.05) is 27.3 Å². The fourth-order valence-corrected chi connectivity index (χ4v) is 4.68. The molecule has 1 spiro atoms. The summed E-state index contributed by atoms with van der Waals surface area (Å²) in [6.07, 6.45) is 1.09. The third kappa shape index (κ3) is 2.79. The average molecular weight is 411 g/mol. The maximum atomic E-state index is 13.1. The second-order valence-corrected chi connectivity index (χ2v) is 7.48. The van der Waals surface area contributed by atoms with Gasteiger partial charge >= 0.3 is 0 Å². The number of carbonyl (C=O) groups excluding carboxylic acids is 1. The maximum Gasteiger partial charge on any atom is 0.282 e. The highest BCUT2D eigenvalue weighted by molar-refractivity contribution is 9.10. The largest absolute Gasteiger partial charge is 0.509 e. The van der Waals surface area contributed by atoms with Crippen molar-refractivity contribution in [3.05, 3.63) is 39.1 Å². The lowest BCUT2D eigenvalue weighted by Crippen LogP contribution is -2.54. The second kappa shape index (κ2) is 6.72. The quantitative estimate of drug-likeness (QED) is 0.828. The van der Waals surface area contributed by atoms with E-state index < -0.39 is 5.54 Å². The molecule has 1 amide bonds. The highest BCUT2D eigenvalue weighted by Crippen LogP contribution is 2.46. The predicted molar refractivity (Wildman–Crippen MR) is 97.6 cm³/mol. The van der Waals surface area contributed by atoms with Gasteiger partial charge in [0.25, 0.3) is 5.91 Å². The molecule has 6 nitrogen and oxygen atoms in total. The molecule has 25 heavy (non-hydrogen) atoms. The van der Waals surface area contributed by atoms with Crippen LogP contribution in [0.3, 0.4) is 0 Å². The average Bonchev–Trinajstić information content (AvgIpc) is 2.76. The Kier molecular flexibility index (Phi) is 4.94. The Morgan fingerprint density at radius 1 is 1.12 bits per heavy atom. The molecule has 0 unspecified atom stereocenters. The third-order valence-corrected chi connectivity index (χ3v) is 5.66. The van der Waals surface area contributed by atoms with Crippen molar-refractivity contribution < 1.29 is 19.6 Å². The van der Waals surface area contributed by atoms with Crippen molar-refractivity contribution in [2.24, 2.45) is 0 Å². The number of hydrogen-bond acceptors (Lipinski definition) is 5. The van der Waals surface area contributed by atoms with E-state index in [2.05, 4.69) is 15.9 Å². The van der Waals surface area contributed by atoms with E-state index in [4.69, 9.17) is 9.68 Å². The fraction of sp³-hybridized carbons (Fsp3) is 0.500. The first-order valence-electron chi connectivity index (χ1n) is 8.24. The minimum Gasteiger partial charge on any atom is -0.509 e. The lowest BCUT2D eigenvalue weighted by Gasteiger charge is -2.42. The van der Waals surface area contributed by atoms with Crippen molar-refractivity contribution >= 4 is 27.4 Å². The highest BCUT2D eigenvalue weighted by Gasteiger charge is 2.55. The number of hydroxylamine groups is 4. The molecule has 1 aromatic carbocycles. The topological polar surface area (TPSA) is 62.2 Å². The van der Waals surface area contributed by atoms with Crippen LogP contribution in [0.5, 0.6) is 0 Å². The lowest BCUT2D eigenvalue weighted by atomic mass is 9.85. The van der Waals surface area contributed by atoms with Gasteiger partial charge in [0.1, 0.15) is 11.3 Å². The summed E-state index contributed by atoms with van der Waals surface area (Å²) in [5.41, 5.74) is 2.16. The summed E-state index contributed by atoms with van der Waals surface area (Å²) in [6.45, 7) is 5.10. The molecule has 0 saturated carbocycles. The highest BCUT2D eigenvalue weighted by atomic mass is 79.9. The molecule has 1 saturated heterocycles. The minimum atomic E-state index is -0.831. The summed E-state index contributed by atoms with van der Waals surface area (Å²) in [4.78, 5) is 23.8. The van der Waals surface area contributed by atoms with E-state index in [1.54, 1.807) is 7.11 Å². The van der Waals surface area contributed by atoms with Gasteiger partial charge in [0, 0.05) is 17.6 Å². The number of benzene rings is 1. The molecule has 1 aromatic rings. The molecule has 2 aliphatic heterocycles. The van der Waals surface area contributed by atoms with E-state index in [0.717, 1.165) is 21.2 Å². The number of aryl methyl sites for hydroxylation is 2. The fourth-order valence-electron chi connectivity index (χ4n) is 3.99. The molecule has 0 atom stereocenters. The van der Waals surface area contributed by atoms with Gasteiger partial charge in [-0.05, 0) is 55.5 Å². The Bertz CT molecular complexity index is 716. The van der Waals surface area contributed by atoms with E-state index >= 15 is 0 Å². The summed E-state index contributed by atoms with van der Waals surface area (Å²) in [6, 6.07) is 3.90. The molecule has 2 heterocycles. The Hall–Kier alpha value is -1.41. The number of piperidine rings is 1. The van der Waals surface area contributed by atoms with Crippen LogP contribution < -0.4 is 0 Å². The van der Waals surface area contributed by atoms with Crippen LogP contribution in [0.4, 0.5) is 0 Å². The zero-order chi connectivity index (χ0) is 18.4. The monoisotopic (exact) mass is 410 g/mol. The molecule has 0 radical (unpaired) electrons. The molecule has 0 aromatic heterocycles. The van der Waals surface area contributed by atoms with Gasteiger partial charge in [-0.15, -0.1) is 0 Å². The minimum absolute atomic E-state index is 0.101. The number of carbonyl (C=O) groups is 1. The summed E-state index contributed by atoms with van der Waals surface area (Å²) in [5, 5.41) is 14.3. The Balaban J connectivity index is 2.12. The van der Waals surface area contributed by atoms with E-state index in [1.807, 2.05) is 31.0 Å². The zero-order valence-corrected chi connectivity index (χ0v) is 16.5. The number of hydrogen-bond donors (Lipinski definition) is 1. The number of halogens is 1. The van der Waals surface area contributed by atoms with Crippen LogP contribution in [0.1, 0.15) is 29.5 Å². The van der Waals surface area contributed by atoms with Crippen LogP contribution in [0.2, 0.25) is 0 Å². The lowest BCUT2D eigenvalue weighted by molar-refractivity contribution is -0.221. The van der Waals surface area contributed by atoms with Crippen molar-refractivity contribution in [3.63, 3.8) is 0 Å². The number of rotatable bonds is 3. The molecular weight excluding hydrogens is 388 g/mol. The third-order valence-electron chi connectivity index (χ3n) is 5.20. The first-order chi connectivity index (χ1) is 11.9. The smallest absolute Gasteiger partial charge is 0.282 e. The van der Waals surface area contributed by atoms with Crippen molar-refractivity contribution in [1.29, 1.82) is 0 Å². The van der Waals surface area contributed by atoms with Crippen LogP contribution in [0, 0.1) is 13.8 Å². The number of aliphatic hydroxyl groups excluding tert-OH is 1. The van der Waals surface area contributed by atoms with Gasteiger partial charge in [0.2, 0.25) is 0 Å². The molecule has 0 aliphatic carbocycles. The number of amides is 1. The molecule has 136 valence electrons. The summed E-state index contributed by atoms with van der Waals surface area (Å²) >= 11 is 3.48. The standard InChI is InChI=1S/C18H23BrN2O4/c1-11-9-13(19)10-12(2)14(11)15-16(22)18(21(25-4)17(15)23)5-7-20(24-3)8-6-18/h9-10,22H,5-8H2,1-4H3. The number of aliphatic hydroxyl groups is 1. The van der Waals surface area contributed by atoms with E-state index in [9.17, 15) is 9.90 Å². The van der Waals surface area contributed by atoms with Crippen LogP contribution in [0.15, 0.2) is 22.4 Å². The maximum absolute atomic E-state index is 13.1. The van der Waals surface area contributed by atoms with Gasteiger partial charge in [-0.25, -0.2) is 5.06 Å². The molecule has 0 bridgehead atoms. The van der Waals surface area contributed by atoms with Gasteiger partial charge < -0.3 is 9.94 Å². The Morgan fingerprint density at radius 2 is 1.68 bits per heavy atom. The Morgan fingerprint density at radius 3 is 2.16 bits per heavy atom. The van der Waals surface area contributed by atoms with Gasteiger partial charge in [-0.1, -0.05) is 15.9 Å². The van der Waals surface area contributed by atoms with Crippen LogP contribution in [-0.4, -0.2) is 54.0 Å². The number of nitrogens with zero attached hydrogens (tertiary/aromatic N) is 2. The van der Waals surface area contributed by atoms with Gasteiger partial charge in [0.15, 0.2) is 0 Å². The summed E-state index contributed by atoms with van der Waals surface area (Å²) in [7, 11) is 3.10. The van der Waals surface area contributed by atoms with Crippen LogP contribution >= 0.6 is 15.9 Å². The molecule has 7 heteroatoms. The van der Waals surface area contributed by atoms with Gasteiger partial charge in [-0.3, -0.25) is 9.63 Å². The first-order valence-corrected chi connectivity index (χ1v) is 9.03. The summed E-state index contributed by atoms with van der Waals surface area (Å²) < 4.78 is 0.948. The normalized spacial score (nSPS) is 20.8. The summed E-state index contributed by atoms with van der Waals surface area (Å²) in [5.74, 6) is -0.192. The first kappa shape index (κ1) is 18.4. The molecule has 1 fully saturated rings. The van der Waals surface area contributed by atoms with Crippen LogP contribution in [0.25, 0.3) is 5.57 Å². The van der Waals surface area contributed by atoms with Crippen LogP contribution in [-0.2, 0) is 14.5 Å². The van der Waals surface area contributed by atoms with Crippen molar-refractivity contribution in [1.82, 2.24) is 10.1 Å².